The van der Waals surface area contributed by atoms with Crippen LogP contribution in [0.1, 0.15) is 32.4 Å². The van der Waals surface area contributed by atoms with Crippen molar-refractivity contribution in [3.05, 3.63) is 24.0 Å². The zero-order valence-corrected chi connectivity index (χ0v) is 12.8. The third-order valence-corrected chi connectivity index (χ3v) is 3.53. The molecule has 0 unspecified atom stereocenters. The third-order valence-electron chi connectivity index (χ3n) is 3.53. The molecule has 0 radical (unpaired) electrons. The fraction of sp³-hybridized carbons (Fsp3) is 0.688. The minimum atomic E-state index is 0.670. The van der Waals surface area contributed by atoms with Crippen molar-refractivity contribution in [2.45, 2.75) is 33.2 Å². The number of hydrogen-bond donors (Lipinski definition) is 1. The van der Waals surface area contributed by atoms with Crippen LogP contribution in [0, 0.1) is 5.92 Å². The molecule has 0 amide bonds. The SMILES string of the molecule is CC(C)CNCc1ccc(OCCN2CCCC2)cn1. The average molecular weight is 277 g/mol. The predicted octanol–water partition coefficient (Wildman–Crippen LogP) is 2.30. The summed E-state index contributed by atoms with van der Waals surface area (Å²) in [6.45, 7) is 10.5. The quantitative estimate of drug-likeness (QED) is 0.791. The monoisotopic (exact) mass is 277 g/mol. The number of hydrogen-bond acceptors (Lipinski definition) is 4. The molecule has 2 heterocycles. The molecule has 0 spiro atoms. The lowest BCUT2D eigenvalue weighted by Crippen LogP contribution is -2.25. The van der Waals surface area contributed by atoms with E-state index in [2.05, 4.69) is 29.0 Å². The molecule has 1 N–H and O–H groups in total. The average Bonchev–Trinajstić information content (AvgIpc) is 2.93. The van der Waals surface area contributed by atoms with Gasteiger partial charge in [-0.15, -0.1) is 0 Å². The Hall–Kier alpha value is -1.13. The highest BCUT2D eigenvalue weighted by Crippen LogP contribution is 2.10. The molecule has 1 aromatic rings. The summed E-state index contributed by atoms with van der Waals surface area (Å²) in [7, 11) is 0. The minimum Gasteiger partial charge on any atom is -0.491 e. The van der Waals surface area contributed by atoms with Gasteiger partial charge in [0.1, 0.15) is 12.4 Å². The van der Waals surface area contributed by atoms with Gasteiger partial charge in [0.15, 0.2) is 0 Å². The van der Waals surface area contributed by atoms with E-state index in [0.29, 0.717) is 5.92 Å². The van der Waals surface area contributed by atoms with Crippen LogP contribution in [0.15, 0.2) is 18.3 Å². The molecule has 112 valence electrons. The first-order valence-electron chi connectivity index (χ1n) is 7.75. The van der Waals surface area contributed by atoms with E-state index in [4.69, 9.17) is 4.74 Å². The smallest absolute Gasteiger partial charge is 0.137 e. The van der Waals surface area contributed by atoms with Gasteiger partial charge in [-0.1, -0.05) is 13.8 Å². The van der Waals surface area contributed by atoms with Crippen LogP contribution in [-0.2, 0) is 6.54 Å². The van der Waals surface area contributed by atoms with Crippen LogP contribution in [0.2, 0.25) is 0 Å². The van der Waals surface area contributed by atoms with Crippen molar-refractivity contribution in [1.29, 1.82) is 0 Å². The van der Waals surface area contributed by atoms with Gasteiger partial charge in [0, 0.05) is 13.1 Å². The fourth-order valence-electron chi connectivity index (χ4n) is 2.39. The summed E-state index contributed by atoms with van der Waals surface area (Å²) in [6, 6.07) is 4.06. The van der Waals surface area contributed by atoms with E-state index in [9.17, 15) is 0 Å². The van der Waals surface area contributed by atoms with Crippen molar-refractivity contribution < 1.29 is 4.74 Å². The number of likely N-dealkylation sites (tertiary alicyclic amines) is 1. The van der Waals surface area contributed by atoms with Crippen LogP contribution in [-0.4, -0.2) is 42.7 Å². The number of nitrogens with one attached hydrogen (secondary N) is 1. The first-order chi connectivity index (χ1) is 9.74. The molecule has 4 heteroatoms. The second-order valence-corrected chi connectivity index (χ2v) is 5.91. The van der Waals surface area contributed by atoms with Crippen LogP contribution in [0.25, 0.3) is 0 Å². The Morgan fingerprint density at radius 3 is 2.75 bits per heavy atom. The van der Waals surface area contributed by atoms with Gasteiger partial charge in [-0.2, -0.15) is 0 Å². The van der Waals surface area contributed by atoms with Gasteiger partial charge in [0.25, 0.3) is 0 Å². The lowest BCUT2D eigenvalue weighted by atomic mass is 10.2. The van der Waals surface area contributed by atoms with Gasteiger partial charge < -0.3 is 10.1 Å². The van der Waals surface area contributed by atoms with Crippen molar-refractivity contribution in [3.8, 4) is 5.75 Å². The van der Waals surface area contributed by atoms with Gasteiger partial charge >= 0.3 is 0 Å². The summed E-state index contributed by atoms with van der Waals surface area (Å²) in [6.07, 6.45) is 4.50. The Labute approximate surface area is 122 Å². The number of aromatic nitrogens is 1. The van der Waals surface area contributed by atoms with Gasteiger partial charge in [0.2, 0.25) is 0 Å². The Balaban J connectivity index is 1.65. The Kier molecular flexibility index (Phi) is 6.27. The Morgan fingerprint density at radius 1 is 1.30 bits per heavy atom. The molecule has 1 aliphatic heterocycles. The van der Waals surface area contributed by atoms with E-state index in [-0.39, 0.29) is 0 Å². The van der Waals surface area contributed by atoms with Crippen LogP contribution in [0.3, 0.4) is 0 Å². The summed E-state index contributed by atoms with van der Waals surface area (Å²) < 4.78 is 5.74. The molecule has 0 bridgehead atoms. The van der Waals surface area contributed by atoms with Crippen LogP contribution < -0.4 is 10.1 Å². The van der Waals surface area contributed by atoms with Crippen molar-refractivity contribution in [1.82, 2.24) is 15.2 Å². The van der Waals surface area contributed by atoms with E-state index in [1.165, 1.54) is 25.9 Å². The molecular weight excluding hydrogens is 250 g/mol. The molecule has 1 aromatic heterocycles. The fourth-order valence-corrected chi connectivity index (χ4v) is 2.39. The summed E-state index contributed by atoms with van der Waals surface area (Å²) in [5, 5.41) is 3.39. The standard InChI is InChI=1S/C16H27N3O/c1-14(2)11-17-12-15-5-6-16(13-18-15)20-10-9-19-7-3-4-8-19/h5-6,13-14,17H,3-4,7-12H2,1-2H3. The van der Waals surface area contributed by atoms with Crippen LogP contribution >= 0.6 is 0 Å². The molecule has 0 aromatic carbocycles. The zero-order chi connectivity index (χ0) is 14.2. The van der Waals surface area contributed by atoms with Gasteiger partial charge in [-0.05, 0) is 50.5 Å². The molecule has 0 atom stereocenters. The van der Waals surface area contributed by atoms with Crippen molar-refractivity contribution in [3.63, 3.8) is 0 Å². The number of ether oxygens (including phenoxy) is 1. The molecule has 4 nitrogen and oxygen atoms in total. The number of pyridine rings is 1. The van der Waals surface area contributed by atoms with Crippen molar-refractivity contribution in [2.24, 2.45) is 5.92 Å². The lowest BCUT2D eigenvalue weighted by Gasteiger charge is -2.14. The zero-order valence-electron chi connectivity index (χ0n) is 12.8. The Morgan fingerprint density at radius 2 is 2.10 bits per heavy atom. The maximum absolute atomic E-state index is 5.74. The molecule has 1 saturated heterocycles. The molecule has 1 fully saturated rings. The lowest BCUT2D eigenvalue weighted by molar-refractivity contribution is 0.237. The maximum atomic E-state index is 5.74. The third kappa shape index (κ3) is 5.47. The van der Waals surface area contributed by atoms with E-state index >= 15 is 0 Å². The number of rotatable bonds is 8. The van der Waals surface area contributed by atoms with Crippen molar-refractivity contribution in [2.75, 3.05) is 32.8 Å². The largest absolute Gasteiger partial charge is 0.491 e. The minimum absolute atomic E-state index is 0.670. The second-order valence-electron chi connectivity index (χ2n) is 5.91. The van der Waals surface area contributed by atoms with Crippen LogP contribution in [0.4, 0.5) is 0 Å². The topological polar surface area (TPSA) is 37.4 Å². The molecule has 1 aliphatic rings. The van der Waals surface area contributed by atoms with Gasteiger partial charge in [-0.3, -0.25) is 9.88 Å². The van der Waals surface area contributed by atoms with E-state index in [0.717, 1.165) is 37.7 Å². The summed E-state index contributed by atoms with van der Waals surface area (Å²) in [4.78, 5) is 6.88. The van der Waals surface area contributed by atoms with E-state index < -0.39 is 0 Å². The summed E-state index contributed by atoms with van der Waals surface area (Å²) in [5.41, 5.74) is 1.07. The first-order valence-corrected chi connectivity index (χ1v) is 7.75. The van der Waals surface area contributed by atoms with Gasteiger partial charge in [-0.25, -0.2) is 0 Å². The van der Waals surface area contributed by atoms with Gasteiger partial charge in [0.05, 0.1) is 11.9 Å². The molecule has 0 saturated carbocycles. The second kappa shape index (κ2) is 8.22. The molecule has 2 rings (SSSR count). The number of nitrogens with zero attached hydrogens (tertiary/aromatic N) is 2. The first kappa shape index (κ1) is 15.3. The van der Waals surface area contributed by atoms with Crippen LogP contribution in [0.5, 0.6) is 5.75 Å². The summed E-state index contributed by atoms with van der Waals surface area (Å²) >= 11 is 0. The van der Waals surface area contributed by atoms with Crippen molar-refractivity contribution >= 4 is 0 Å². The molecule has 20 heavy (non-hydrogen) atoms. The normalized spacial score (nSPS) is 15.9. The van der Waals surface area contributed by atoms with E-state index in [1.807, 2.05) is 18.3 Å². The Bertz CT molecular complexity index is 372. The molecule has 0 aliphatic carbocycles. The molecular formula is C16H27N3O. The predicted molar refractivity (Wildman–Crippen MR) is 82.0 cm³/mol. The highest BCUT2D eigenvalue weighted by Gasteiger charge is 2.10. The maximum Gasteiger partial charge on any atom is 0.137 e. The summed E-state index contributed by atoms with van der Waals surface area (Å²) in [5.74, 6) is 1.54. The highest BCUT2D eigenvalue weighted by atomic mass is 16.5. The highest BCUT2D eigenvalue weighted by molar-refractivity contribution is 5.19. The van der Waals surface area contributed by atoms with E-state index in [1.54, 1.807) is 0 Å².